The van der Waals surface area contributed by atoms with Gasteiger partial charge in [-0.25, -0.2) is 0 Å². The van der Waals surface area contributed by atoms with Crippen LogP contribution in [-0.2, 0) is 20.9 Å². The molecular weight excluding hydrogens is 282 g/mol. The van der Waals surface area contributed by atoms with Crippen LogP contribution in [0.3, 0.4) is 0 Å². The Hall–Kier alpha value is -1.50. The van der Waals surface area contributed by atoms with Gasteiger partial charge in [0.1, 0.15) is 6.10 Å². The average molecular weight is 305 g/mol. The summed E-state index contributed by atoms with van der Waals surface area (Å²) in [6, 6.07) is 3.93. The average Bonchev–Trinajstić information content (AvgIpc) is 2.61. The van der Waals surface area contributed by atoms with Crippen molar-refractivity contribution >= 4 is 5.91 Å². The van der Waals surface area contributed by atoms with Crippen LogP contribution in [0, 0.1) is 0 Å². The van der Waals surface area contributed by atoms with Crippen molar-refractivity contribution in [3.05, 3.63) is 30.1 Å². The van der Waals surface area contributed by atoms with Crippen LogP contribution in [-0.4, -0.2) is 60.8 Å². The summed E-state index contributed by atoms with van der Waals surface area (Å²) in [6.07, 6.45) is 5.25. The predicted octanol–water partition coefficient (Wildman–Crippen LogP) is 0.578. The standard InChI is InChI=1S/C16H23N3O3/c20-16(15-11-18-6-9-21-15)19-7-3-14(4-8-19)22-12-13-2-1-5-17-10-13/h1-2,5,10,14-15,18H,3-4,6-9,11-12H2. The normalized spacial score (nSPS) is 23.5. The van der Waals surface area contributed by atoms with E-state index in [-0.39, 0.29) is 18.1 Å². The Balaban J connectivity index is 1.41. The number of likely N-dealkylation sites (tertiary alicyclic amines) is 1. The van der Waals surface area contributed by atoms with E-state index in [2.05, 4.69) is 10.3 Å². The first-order chi connectivity index (χ1) is 10.8. The van der Waals surface area contributed by atoms with Crippen molar-refractivity contribution in [1.82, 2.24) is 15.2 Å². The number of hydrogen-bond donors (Lipinski definition) is 1. The fraction of sp³-hybridized carbons (Fsp3) is 0.625. The van der Waals surface area contributed by atoms with Gasteiger partial charge in [-0.05, 0) is 24.5 Å². The maximum absolute atomic E-state index is 12.4. The molecule has 2 fully saturated rings. The topological polar surface area (TPSA) is 63.7 Å². The van der Waals surface area contributed by atoms with Crippen molar-refractivity contribution in [3.63, 3.8) is 0 Å². The molecule has 2 saturated heterocycles. The number of nitrogens with zero attached hydrogens (tertiary/aromatic N) is 2. The first-order valence-electron chi connectivity index (χ1n) is 7.94. The minimum absolute atomic E-state index is 0.109. The van der Waals surface area contributed by atoms with E-state index in [4.69, 9.17) is 9.47 Å². The second-order valence-corrected chi connectivity index (χ2v) is 5.76. The Morgan fingerprint density at radius 1 is 1.45 bits per heavy atom. The molecule has 1 aromatic heterocycles. The van der Waals surface area contributed by atoms with Crippen molar-refractivity contribution < 1.29 is 14.3 Å². The third-order valence-corrected chi connectivity index (χ3v) is 4.17. The van der Waals surface area contributed by atoms with Crippen LogP contribution in [0.2, 0.25) is 0 Å². The summed E-state index contributed by atoms with van der Waals surface area (Å²) in [7, 11) is 0. The van der Waals surface area contributed by atoms with E-state index in [1.54, 1.807) is 6.20 Å². The molecule has 1 atom stereocenters. The first-order valence-corrected chi connectivity index (χ1v) is 7.94. The number of hydrogen-bond acceptors (Lipinski definition) is 5. The molecule has 1 amide bonds. The zero-order valence-corrected chi connectivity index (χ0v) is 12.7. The third-order valence-electron chi connectivity index (χ3n) is 4.17. The number of amides is 1. The number of aromatic nitrogens is 1. The smallest absolute Gasteiger partial charge is 0.253 e. The molecule has 0 aromatic carbocycles. The molecule has 6 nitrogen and oxygen atoms in total. The number of rotatable bonds is 4. The van der Waals surface area contributed by atoms with Crippen LogP contribution in [0.5, 0.6) is 0 Å². The second kappa shape index (κ2) is 7.67. The van der Waals surface area contributed by atoms with E-state index in [9.17, 15) is 4.79 Å². The number of morpholine rings is 1. The molecule has 3 rings (SSSR count). The lowest BCUT2D eigenvalue weighted by molar-refractivity contribution is -0.147. The van der Waals surface area contributed by atoms with Gasteiger partial charge in [0.25, 0.3) is 5.91 Å². The summed E-state index contributed by atoms with van der Waals surface area (Å²) in [4.78, 5) is 18.3. The Labute approximate surface area is 130 Å². The number of pyridine rings is 1. The molecule has 0 spiro atoms. The van der Waals surface area contributed by atoms with Gasteiger partial charge in [-0.2, -0.15) is 0 Å². The highest BCUT2D eigenvalue weighted by Crippen LogP contribution is 2.17. The largest absolute Gasteiger partial charge is 0.373 e. The summed E-state index contributed by atoms with van der Waals surface area (Å²) in [5.41, 5.74) is 1.09. The van der Waals surface area contributed by atoms with E-state index in [1.807, 2.05) is 23.2 Å². The molecule has 22 heavy (non-hydrogen) atoms. The van der Waals surface area contributed by atoms with Gasteiger partial charge in [-0.1, -0.05) is 6.07 Å². The molecule has 2 aliphatic heterocycles. The lowest BCUT2D eigenvalue weighted by Crippen LogP contribution is -2.51. The molecule has 120 valence electrons. The summed E-state index contributed by atoms with van der Waals surface area (Å²) in [6.45, 7) is 4.14. The quantitative estimate of drug-likeness (QED) is 0.881. The summed E-state index contributed by atoms with van der Waals surface area (Å²) in [5, 5.41) is 3.20. The van der Waals surface area contributed by atoms with Gasteiger partial charge >= 0.3 is 0 Å². The molecule has 1 unspecified atom stereocenters. The van der Waals surface area contributed by atoms with E-state index >= 15 is 0 Å². The number of nitrogens with one attached hydrogen (secondary N) is 1. The Bertz CT molecular complexity index is 469. The monoisotopic (exact) mass is 305 g/mol. The second-order valence-electron chi connectivity index (χ2n) is 5.76. The predicted molar refractivity (Wildman–Crippen MR) is 81.2 cm³/mol. The molecular formula is C16H23N3O3. The molecule has 1 aromatic rings. The maximum atomic E-state index is 12.4. The van der Waals surface area contributed by atoms with Gasteiger partial charge in [0.2, 0.25) is 0 Å². The third kappa shape index (κ3) is 4.03. The first kappa shape index (κ1) is 15.4. The summed E-state index contributed by atoms with van der Waals surface area (Å²) >= 11 is 0. The molecule has 3 heterocycles. The number of piperidine rings is 1. The van der Waals surface area contributed by atoms with Crippen LogP contribution < -0.4 is 5.32 Å². The van der Waals surface area contributed by atoms with Gasteiger partial charge in [0, 0.05) is 38.6 Å². The Morgan fingerprint density at radius 2 is 2.32 bits per heavy atom. The molecule has 0 aliphatic carbocycles. The maximum Gasteiger partial charge on any atom is 0.253 e. The SMILES string of the molecule is O=C(C1CNCCO1)N1CCC(OCc2cccnc2)CC1. The van der Waals surface area contributed by atoms with E-state index < -0.39 is 0 Å². The zero-order valence-electron chi connectivity index (χ0n) is 12.7. The van der Waals surface area contributed by atoms with Crippen LogP contribution >= 0.6 is 0 Å². The summed E-state index contributed by atoms with van der Waals surface area (Å²) < 4.78 is 11.5. The molecule has 0 saturated carbocycles. The minimum Gasteiger partial charge on any atom is -0.373 e. The number of carbonyl (C=O) groups is 1. The van der Waals surface area contributed by atoms with Gasteiger partial charge in [-0.15, -0.1) is 0 Å². The van der Waals surface area contributed by atoms with Gasteiger partial charge in [0.05, 0.1) is 19.3 Å². The fourth-order valence-corrected chi connectivity index (χ4v) is 2.87. The highest BCUT2D eigenvalue weighted by Gasteiger charge is 2.30. The van der Waals surface area contributed by atoms with Crippen molar-refractivity contribution in [2.75, 3.05) is 32.8 Å². The zero-order chi connectivity index (χ0) is 15.2. The van der Waals surface area contributed by atoms with Crippen molar-refractivity contribution in [1.29, 1.82) is 0 Å². The molecule has 0 radical (unpaired) electrons. The van der Waals surface area contributed by atoms with Crippen molar-refractivity contribution in [2.45, 2.75) is 31.7 Å². The van der Waals surface area contributed by atoms with Crippen molar-refractivity contribution in [3.8, 4) is 0 Å². The van der Waals surface area contributed by atoms with Crippen LogP contribution in [0.15, 0.2) is 24.5 Å². The van der Waals surface area contributed by atoms with Gasteiger partial charge in [-0.3, -0.25) is 9.78 Å². The number of carbonyl (C=O) groups excluding carboxylic acids is 1. The van der Waals surface area contributed by atoms with Gasteiger partial charge < -0.3 is 19.7 Å². The minimum atomic E-state index is -0.318. The van der Waals surface area contributed by atoms with Crippen molar-refractivity contribution in [2.24, 2.45) is 0 Å². The number of ether oxygens (including phenoxy) is 2. The molecule has 2 aliphatic rings. The Morgan fingerprint density at radius 3 is 3.00 bits per heavy atom. The van der Waals surface area contributed by atoms with E-state index in [0.717, 1.165) is 38.0 Å². The molecule has 1 N–H and O–H groups in total. The molecule has 6 heteroatoms. The van der Waals surface area contributed by atoms with E-state index in [1.165, 1.54) is 0 Å². The highest BCUT2D eigenvalue weighted by atomic mass is 16.5. The Kier molecular flexibility index (Phi) is 5.37. The molecule has 0 bridgehead atoms. The lowest BCUT2D eigenvalue weighted by atomic mass is 10.1. The highest BCUT2D eigenvalue weighted by molar-refractivity contribution is 5.81. The van der Waals surface area contributed by atoms with Crippen LogP contribution in [0.4, 0.5) is 0 Å². The van der Waals surface area contributed by atoms with Crippen LogP contribution in [0.1, 0.15) is 18.4 Å². The van der Waals surface area contributed by atoms with Crippen LogP contribution in [0.25, 0.3) is 0 Å². The van der Waals surface area contributed by atoms with E-state index in [0.29, 0.717) is 19.8 Å². The lowest BCUT2D eigenvalue weighted by Gasteiger charge is -2.35. The fourth-order valence-electron chi connectivity index (χ4n) is 2.87. The van der Waals surface area contributed by atoms with Gasteiger partial charge in [0.15, 0.2) is 0 Å². The summed E-state index contributed by atoms with van der Waals surface area (Å²) in [5.74, 6) is 0.109.